The van der Waals surface area contributed by atoms with Crippen LogP contribution in [0.2, 0.25) is 0 Å². The summed E-state index contributed by atoms with van der Waals surface area (Å²) >= 11 is 0. The molecule has 1 amide bonds. The molecule has 0 spiro atoms. The third-order valence-corrected chi connectivity index (χ3v) is 4.10. The van der Waals surface area contributed by atoms with Crippen molar-refractivity contribution in [1.82, 2.24) is 15.3 Å². The zero-order chi connectivity index (χ0) is 17.5. The maximum Gasteiger partial charge on any atom is 0.329 e. The van der Waals surface area contributed by atoms with E-state index in [1.54, 1.807) is 0 Å². The van der Waals surface area contributed by atoms with Gasteiger partial charge in [-0.3, -0.25) is 14.9 Å². The summed E-state index contributed by atoms with van der Waals surface area (Å²) in [6.07, 6.45) is 5.07. The monoisotopic (exact) mass is 337 g/mol. The predicted molar refractivity (Wildman–Crippen MR) is 89.7 cm³/mol. The largest absolute Gasteiger partial charge is 0.364 e. The van der Waals surface area contributed by atoms with Crippen molar-refractivity contribution in [1.29, 1.82) is 0 Å². The molecule has 1 aliphatic rings. The normalized spacial score (nSPS) is 20.2. The number of nitrogens with two attached hydrogens (primary N) is 1. The molecule has 0 unspecified atom stereocenters. The number of nitro groups is 1. The molecule has 0 aromatic carbocycles. The van der Waals surface area contributed by atoms with Crippen molar-refractivity contribution >= 4 is 23.4 Å². The Bertz CT molecular complexity index is 588. The Hall–Kier alpha value is -2.49. The van der Waals surface area contributed by atoms with Gasteiger partial charge in [-0.05, 0) is 31.6 Å². The standard InChI is InChI=1S/C14H23N7O3/c1-16-12(22)8-19-14-18-7-11(21(23)24)13(20-14)17-6-9-2-4-10(15)5-3-9/h7,9-10H,2-6,8,15H2,1H3,(H,16,22)(H2,17,18,19,20)/t9-,10-. The number of nitrogens with zero attached hydrogens (tertiary/aromatic N) is 3. The molecule has 0 saturated heterocycles. The van der Waals surface area contributed by atoms with Crippen molar-refractivity contribution in [2.45, 2.75) is 31.7 Å². The predicted octanol–water partition coefficient (Wildman–Crippen LogP) is 0.472. The van der Waals surface area contributed by atoms with E-state index in [0.717, 1.165) is 31.9 Å². The van der Waals surface area contributed by atoms with Crippen molar-refractivity contribution in [3.8, 4) is 0 Å². The van der Waals surface area contributed by atoms with Crippen LogP contribution < -0.4 is 21.7 Å². The number of rotatable bonds is 7. The Labute approximate surface area is 139 Å². The van der Waals surface area contributed by atoms with Crippen LogP contribution in [0.15, 0.2) is 6.20 Å². The lowest BCUT2D eigenvalue weighted by atomic mass is 9.86. The first-order valence-electron chi connectivity index (χ1n) is 7.95. The summed E-state index contributed by atoms with van der Waals surface area (Å²) in [5, 5.41) is 19.4. The number of aromatic nitrogens is 2. The van der Waals surface area contributed by atoms with Crippen LogP contribution in [0, 0.1) is 16.0 Å². The fourth-order valence-corrected chi connectivity index (χ4v) is 2.61. The van der Waals surface area contributed by atoms with Crippen LogP contribution in [0.3, 0.4) is 0 Å². The van der Waals surface area contributed by atoms with Gasteiger partial charge in [-0.25, -0.2) is 4.98 Å². The minimum absolute atomic E-state index is 0.00569. The molecule has 1 aromatic heterocycles. The average Bonchev–Trinajstić information content (AvgIpc) is 2.59. The highest BCUT2D eigenvalue weighted by Crippen LogP contribution is 2.26. The van der Waals surface area contributed by atoms with Gasteiger partial charge in [-0.15, -0.1) is 0 Å². The van der Waals surface area contributed by atoms with Gasteiger partial charge >= 0.3 is 5.69 Å². The van der Waals surface area contributed by atoms with Gasteiger partial charge in [0.05, 0.1) is 11.5 Å². The van der Waals surface area contributed by atoms with Crippen molar-refractivity contribution in [3.63, 3.8) is 0 Å². The first-order valence-corrected chi connectivity index (χ1v) is 7.95. The van der Waals surface area contributed by atoms with Gasteiger partial charge in [0.1, 0.15) is 6.20 Å². The van der Waals surface area contributed by atoms with Crippen LogP contribution in [0.4, 0.5) is 17.5 Å². The van der Waals surface area contributed by atoms with Crippen LogP contribution in [0.25, 0.3) is 0 Å². The van der Waals surface area contributed by atoms with Crippen molar-refractivity contribution in [2.75, 3.05) is 30.8 Å². The number of carbonyl (C=O) groups excluding carboxylic acids is 1. The molecule has 24 heavy (non-hydrogen) atoms. The molecule has 5 N–H and O–H groups in total. The lowest BCUT2D eigenvalue weighted by Gasteiger charge is -2.26. The molecule has 1 saturated carbocycles. The fourth-order valence-electron chi connectivity index (χ4n) is 2.61. The van der Waals surface area contributed by atoms with Gasteiger partial charge in [-0.2, -0.15) is 4.98 Å². The maximum atomic E-state index is 11.2. The highest BCUT2D eigenvalue weighted by molar-refractivity contribution is 5.79. The minimum atomic E-state index is -0.526. The van der Waals surface area contributed by atoms with E-state index in [1.165, 1.54) is 7.05 Å². The molecule has 1 heterocycles. The van der Waals surface area contributed by atoms with Crippen molar-refractivity contribution in [2.24, 2.45) is 11.7 Å². The van der Waals surface area contributed by atoms with E-state index in [2.05, 4.69) is 25.9 Å². The van der Waals surface area contributed by atoms with E-state index in [0.29, 0.717) is 12.5 Å². The second-order valence-corrected chi connectivity index (χ2v) is 5.87. The highest BCUT2D eigenvalue weighted by Gasteiger charge is 2.21. The molecule has 0 atom stereocenters. The first-order chi connectivity index (χ1) is 11.5. The lowest BCUT2D eigenvalue weighted by molar-refractivity contribution is -0.384. The quantitative estimate of drug-likeness (QED) is 0.414. The topological polar surface area (TPSA) is 148 Å². The Morgan fingerprint density at radius 2 is 2.08 bits per heavy atom. The molecule has 0 radical (unpaired) electrons. The van der Waals surface area contributed by atoms with Gasteiger partial charge in [0.2, 0.25) is 17.7 Å². The zero-order valence-corrected chi connectivity index (χ0v) is 13.6. The molecule has 1 aliphatic carbocycles. The molecule has 1 aromatic rings. The number of nitrogens with one attached hydrogen (secondary N) is 3. The molecule has 0 bridgehead atoms. The molecular formula is C14H23N7O3. The van der Waals surface area contributed by atoms with Gasteiger partial charge in [0, 0.05) is 19.6 Å². The minimum Gasteiger partial charge on any atom is -0.364 e. The van der Waals surface area contributed by atoms with Crippen LogP contribution in [-0.2, 0) is 4.79 Å². The van der Waals surface area contributed by atoms with Gasteiger partial charge in [0.25, 0.3) is 0 Å². The zero-order valence-electron chi connectivity index (χ0n) is 13.6. The van der Waals surface area contributed by atoms with Gasteiger partial charge in [-0.1, -0.05) is 0 Å². The Balaban J connectivity index is 2.01. The second-order valence-electron chi connectivity index (χ2n) is 5.87. The van der Waals surface area contributed by atoms with Gasteiger partial charge in [0.15, 0.2) is 0 Å². The van der Waals surface area contributed by atoms with Crippen LogP contribution >= 0.6 is 0 Å². The molecular weight excluding hydrogens is 314 g/mol. The SMILES string of the molecule is CNC(=O)CNc1ncc([N+](=O)[O-])c(NC[C@H]2CC[C@H](N)CC2)n1. The van der Waals surface area contributed by atoms with Crippen LogP contribution in [-0.4, -0.2) is 47.0 Å². The highest BCUT2D eigenvalue weighted by atomic mass is 16.6. The van der Waals surface area contributed by atoms with E-state index in [-0.39, 0.29) is 35.9 Å². The number of carbonyl (C=O) groups is 1. The molecule has 1 fully saturated rings. The second kappa shape index (κ2) is 8.39. The summed E-state index contributed by atoms with van der Waals surface area (Å²) in [6.45, 7) is 0.591. The van der Waals surface area contributed by atoms with Gasteiger partial charge < -0.3 is 21.7 Å². The Morgan fingerprint density at radius 3 is 2.71 bits per heavy atom. The number of hydrogen-bond donors (Lipinski definition) is 4. The Morgan fingerprint density at radius 1 is 1.38 bits per heavy atom. The van der Waals surface area contributed by atoms with Crippen LogP contribution in [0.5, 0.6) is 0 Å². The van der Waals surface area contributed by atoms with E-state index < -0.39 is 4.92 Å². The van der Waals surface area contributed by atoms with E-state index in [1.807, 2.05) is 0 Å². The summed E-state index contributed by atoms with van der Waals surface area (Å²) in [5.41, 5.74) is 5.70. The summed E-state index contributed by atoms with van der Waals surface area (Å²) in [5.74, 6) is 0.508. The van der Waals surface area contributed by atoms with Crippen molar-refractivity contribution in [3.05, 3.63) is 16.3 Å². The van der Waals surface area contributed by atoms with E-state index in [4.69, 9.17) is 5.73 Å². The average molecular weight is 337 g/mol. The number of anilines is 2. The number of hydrogen-bond acceptors (Lipinski definition) is 8. The fraction of sp³-hybridized carbons (Fsp3) is 0.643. The van der Waals surface area contributed by atoms with Crippen molar-refractivity contribution < 1.29 is 9.72 Å². The first kappa shape index (κ1) is 17.9. The third kappa shape index (κ3) is 5.01. The summed E-state index contributed by atoms with van der Waals surface area (Å²) < 4.78 is 0. The third-order valence-electron chi connectivity index (χ3n) is 4.10. The van der Waals surface area contributed by atoms with Crippen LogP contribution in [0.1, 0.15) is 25.7 Å². The molecule has 10 heteroatoms. The summed E-state index contributed by atoms with van der Waals surface area (Å²) in [6, 6.07) is 0.259. The lowest BCUT2D eigenvalue weighted by Crippen LogP contribution is -2.29. The molecule has 2 rings (SSSR count). The van der Waals surface area contributed by atoms with E-state index >= 15 is 0 Å². The number of amides is 1. The number of likely N-dealkylation sites (N-methyl/N-ethyl adjacent to an activating group) is 1. The Kier molecular flexibility index (Phi) is 6.24. The molecule has 10 nitrogen and oxygen atoms in total. The summed E-state index contributed by atoms with van der Waals surface area (Å²) in [7, 11) is 1.52. The maximum absolute atomic E-state index is 11.2. The molecule has 0 aliphatic heterocycles. The smallest absolute Gasteiger partial charge is 0.329 e. The summed E-state index contributed by atoms with van der Waals surface area (Å²) in [4.78, 5) is 29.8. The molecule has 132 valence electrons. The van der Waals surface area contributed by atoms with E-state index in [9.17, 15) is 14.9 Å².